The maximum absolute atomic E-state index is 10.4. The number of nitro groups is 1. The van der Waals surface area contributed by atoms with Crippen molar-refractivity contribution in [2.75, 3.05) is 38.8 Å². The maximum atomic E-state index is 10.4. The number of methoxy groups -OCH3 is 1. The van der Waals surface area contributed by atoms with E-state index in [0.717, 1.165) is 19.4 Å². The number of hydrogen-bond acceptors (Lipinski definition) is 6. The van der Waals surface area contributed by atoms with Crippen LogP contribution in [0, 0.1) is 10.1 Å². The molecule has 1 aromatic rings. The zero-order chi connectivity index (χ0) is 13.9. The van der Waals surface area contributed by atoms with Crippen molar-refractivity contribution in [2.24, 2.45) is 0 Å². The van der Waals surface area contributed by atoms with E-state index in [9.17, 15) is 10.1 Å². The van der Waals surface area contributed by atoms with Crippen molar-refractivity contribution in [3.8, 4) is 0 Å². The van der Waals surface area contributed by atoms with E-state index < -0.39 is 4.92 Å². The second kappa shape index (κ2) is 9.23. The van der Waals surface area contributed by atoms with Crippen LogP contribution >= 0.6 is 0 Å². The molecule has 0 amide bonds. The summed E-state index contributed by atoms with van der Waals surface area (Å²) >= 11 is 0. The average Bonchev–Trinajstić information content (AvgIpc) is 2.42. The first-order valence-corrected chi connectivity index (χ1v) is 6.15. The lowest BCUT2D eigenvalue weighted by Gasteiger charge is -2.05. The van der Waals surface area contributed by atoms with Crippen molar-refractivity contribution >= 4 is 11.5 Å². The Balaban J connectivity index is 2.07. The van der Waals surface area contributed by atoms with Gasteiger partial charge in [0.2, 0.25) is 0 Å². The zero-order valence-electron chi connectivity index (χ0n) is 11.0. The molecule has 0 unspecified atom stereocenters. The van der Waals surface area contributed by atoms with Gasteiger partial charge in [0.05, 0.1) is 18.1 Å². The monoisotopic (exact) mass is 269 g/mol. The van der Waals surface area contributed by atoms with Crippen LogP contribution in [0.15, 0.2) is 18.3 Å². The standard InChI is InChI=1S/C12H19N3O4/c1-18-8-9-19-7-3-2-6-13-12-5-4-11(10-14-12)15(16)17/h4-5,10H,2-3,6-9H2,1H3,(H,13,14). The summed E-state index contributed by atoms with van der Waals surface area (Å²) in [5.74, 6) is 0.644. The summed E-state index contributed by atoms with van der Waals surface area (Å²) < 4.78 is 10.2. The number of nitrogens with one attached hydrogen (secondary N) is 1. The Morgan fingerprint density at radius 3 is 2.79 bits per heavy atom. The molecule has 1 N–H and O–H groups in total. The van der Waals surface area contributed by atoms with Crippen LogP contribution in [0.5, 0.6) is 0 Å². The molecule has 0 atom stereocenters. The van der Waals surface area contributed by atoms with Gasteiger partial charge in [-0.3, -0.25) is 10.1 Å². The van der Waals surface area contributed by atoms with Crippen molar-refractivity contribution in [2.45, 2.75) is 12.8 Å². The summed E-state index contributed by atoms with van der Waals surface area (Å²) in [6.07, 6.45) is 3.14. The van der Waals surface area contributed by atoms with Crippen LogP contribution in [0.3, 0.4) is 0 Å². The number of nitrogens with zero attached hydrogens (tertiary/aromatic N) is 2. The SMILES string of the molecule is COCCOCCCCNc1ccc([N+](=O)[O-])cn1. The van der Waals surface area contributed by atoms with E-state index in [4.69, 9.17) is 9.47 Å². The van der Waals surface area contributed by atoms with Crippen molar-refractivity contribution < 1.29 is 14.4 Å². The number of pyridine rings is 1. The number of aromatic nitrogens is 1. The highest BCUT2D eigenvalue weighted by atomic mass is 16.6. The molecule has 0 saturated heterocycles. The normalized spacial score (nSPS) is 10.4. The topological polar surface area (TPSA) is 86.5 Å². The molecular formula is C12H19N3O4. The van der Waals surface area contributed by atoms with Gasteiger partial charge in [-0.1, -0.05) is 0 Å². The Hall–Kier alpha value is -1.73. The van der Waals surface area contributed by atoms with Crippen molar-refractivity contribution in [3.63, 3.8) is 0 Å². The lowest BCUT2D eigenvalue weighted by Crippen LogP contribution is -2.07. The van der Waals surface area contributed by atoms with Gasteiger partial charge in [0, 0.05) is 26.3 Å². The molecule has 0 saturated carbocycles. The second-order valence-electron chi connectivity index (χ2n) is 3.90. The fourth-order valence-corrected chi connectivity index (χ4v) is 1.39. The highest BCUT2D eigenvalue weighted by Gasteiger charge is 2.04. The third-order valence-electron chi connectivity index (χ3n) is 2.41. The van der Waals surface area contributed by atoms with E-state index >= 15 is 0 Å². The molecule has 0 spiro atoms. The molecule has 0 fully saturated rings. The number of hydrogen-bond donors (Lipinski definition) is 1. The highest BCUT2D eigenvalue weighted by molar-refractivity contribution is 5.39. The van der Waals surface area contributed by atoms with E-state index in [2.05, 4.69) is 10.3 Å². The molecule has 0 aliphatic rings. The average molecular weight is 269 g/mol. The first-order valence-electron chi connectivity index (χ1n) is 6.15. The van der Waals surface area contributed by atoms with E-state index in [0.29, 0.717) is 25.6 Å². The van der Waals surface area contributed by atoms with Crippen LogP contribution in [-0.2, 0) is 9.47 Å². The van der Waals surface area contributed by atoms with Gasteiger partial charge in [0.15, 0.2) is 0 Å². The van der Waals surface area contributed by atoms with Crippen LogP contribution in [-0.4, -0.2) is 43.4 Å². The molecule has 1 aromatic heterocycles. The Labute approximate surface area is 112 Å². The van der Waals surface area contributed by atoms with Crippen LogP contribution in [0.4, 0.5) is 11.5 Å². The van der Waals surface area contributed by atoms with Crippen molar-refractivity contribution in [1.82, 2.24) is 4.98 Å². The quantitative estimate of drug-likeness (QED) is 0.396. The Bertz CT molecular complexity index is 370. The van der Waals surface area contributed by atoms with E-state index in [1.54, 1.807) is 13.2 Å². The lowest BCUT2D eigenvalue weighted by atomic mass is 10.3. The molecule has 19 heavy (non-hydrogen) atoms. The summed E-state index contributed by atoms with van der Waals surface area (Å²) in [7, 11) is 1.64. The number of unbranched alkanes of at least 4 members (excludes halogenated alkanes) is 1. The minimum absolute atomic E-state index is 0.00269. The highest BCUT2D eigenvalue weighted by Crippen LogP contribution is 2.11. The summed E-state index contributed by atoms with van der Waals surface area (Å²) in [5, 5.41) is 13.5. The van der Waals surface area contributed by atoms with Gasteiger partial charge in [-0.2, -0.15) is 0 Å². The van der Waals surface area contributed by atoms with Gasteiger partial charge in [-0.25, -0.2) is 4.98 Å². The van der Waals surface area contributed by atoms with Gasteiger partial charge in [-0.15, -0.1) is 0 Å². The molecule has 0 aromatic carbocycles. The molecule has 0 bridgehead atoms. The fraction of sp³-hybridized carbons (Fsp3) is 0.583. The fourth-order valence-electron chi connectivity index (χ4n) is 1.39. The van der Waals surface area contributed by atoms with Gasteiger partial charge in [-0.05, 0) is 18.9 Å². The molecule has 0 aliphatic carbocycles. The van der Waals surface area contributed by atoms with E-state index in [-0.39, 0.29) is 5.69 Å². The largest absolute Gasteiger partial charge is 0.382 e. The Kier molecular flexibility index (Phi) is 7.45. The lowest BCUT2D eigenvalue weighted by molar-refractivity contribution is -0.385. The van der Waals surface area contributed by atoms with E-state index in [1.807, 2.05) is 0 Å². The van der Waals surface area contributed by atoms with Crippen LogP contribution in [0.25, 0.3) is 0 Å². The molecule has 1 rings (SSSR count). The molecule has 0 aliphatic heterocycles. The zero-order valence-corrected chi connectivity index (χ0v) is 11.0. The van der Waals surface area contributed by atoms with Crippen LogP contribution in [0.2, 0.25) is 0 Å². The molecule has 106 valence electrons. The predicted octanol–water partition coefficient (Wildman–Crippen LogP) is 1.84. The first kappa shape index (κ1) is 15.3. The summed E-state index contributed by atoms with van der Waals surface area (Å²) in [6, 6.07) is 3.04. The molecule has 7 nitrogen and oxygen atoms in total. The number of anilines is 1. The molecular weight excluding hydrogens is 250 g/mol. The van der Waals surface area contributed by atoms with Crippen LogP contribution < -0.4 is 5.32 Å². The van der Waals surface area contributed by atoms with Crippen molar-refractivity contribution in [3.05, 3.63) is 28.4 Å². The molecule has 7 heteroatoms. The summed E-state index contributed by atoms with van der Waals surface area (Å²) in [4.78, 5) is 13.9. The van der Waals surface area contributed by atoms with Gasteiger partial charge in [0.1, 0.15) is 12.0 Å². The minimum Gasteiger partial charge on any atom is -0.382 e. The third-order valence-corrected chi connectivity index (χ3v) is 2.41. The smallest absolute Gasteiger partial charge is 0.287 e. The van der Waals surface area contributed by atoms with Crippen molar-refractivity contribution in [1.29, 1.82) is 0 Å². The molecule has 0 radical (unpaired) electrons. The van der Waals surface area contributed by atoms with E-state index in [1.165, 1.54) is 12.3 Å². The predicted molar refractivity (Wildman–Crippen MR) is 71.3 cm³/mol. The summed E-state index contributed by atoms with van der Waals surface area (Å²) in [5.41, 5.74) is -0.00269. The second-order valence-corrected chi connectivity index (χ2v) is 3.90. The maximum Gasteiger partial charge on any atom is 0.287 e. The van der Waals surface area contributed by atoms with Gasteiger partial charge >= 0.3 is 0 Å². The number of ether oxygens (including phenoxy) is 2. The molecule has 1 heterocycles. The van der Waals surface area contributed by atoms with Gasteiger partial charge < -0.3 is 14.8 Å². The number of rotatable bonds is 10. The third kappa shape index (κ3) is 6.68. The van der Waals surface area contributed by atoms with Gasteiger partial charge in [0.25, 0.3) is 5.69 Å². The first-order chi connectivity index (χ1) is 9.24. The minimum atomic E-state index is -0.464. The Morgan fingerprint density at radius 2 is 2.16 bits per heavy atom. The Morgan fingerprint density at radius 1 is 1.32 bits per heavy atom. The summed E-state index contributed by atoms with van der Waals surface area (Å²) in [6.45, 7) is 2.70. The van der Waals surface area contributed by atoms with Crippen LogP contribution in [0.1, 0.15) is 12.8 Å².